The molecule has 0 amide bonds. The molecule has 0 aromatic carbocycles. The number of phosphoric ester groups is 1. The lowest BCUT2D eigenvalue weighted by Gasteiger charge is -2.28. The number of ether oxygens (including phenoxy) is 2. The monoisotopic (exact) mass is 551 g/mol. The number of quaternary nitrogens is 1. The maximum Gasteiger partial charge on any atom is 0.306 e. The Labute approximate surface area is 228 Å². The SMILES string of the molecule is CCCCCCCCCCCOCC(COP(=O)([O-])OCC[N+](C)(C)C)OC(=O)CCCCCCCC. The van der Waals surface area contributed by atoms with Gasteiger partial charge in [0.05, 0.1) is 34.4 Å². The summed E-state index contributed by atoms with van der Waals surface area (Å²) in [6.45, 7) is 5.32. The Kier molecular flexibility index (Phi) is 23.1. The first-order valence-electron chi connectivity index (χ1n) is 14.8. The third-order valence-electron chi connectivity index (χ3n) is 6.16. The van der Waals surface area contributed by atoms with Gasteiger partial charge in [-0.05, 0) is 12.8 Å². The van der Waals surface area contributed by atoms with Gasteiger partial charge < -0.3 is 27.9 Å². The van der Waals surface area contributed by atoms with Gasteiger partial charge in [0.2, 0.25) is 0 Å². The number of phosphoric acid groups is 1. The molecule has 37 heavy (non-hydrogen) atoms. The van der Waals surface area contributed by atoms with E-state index in [4.69, 9.17) is 18.5 Å². The van der Waals surface area contributed by atoms with E-state index in [1.54, 1.807) is 0 Å². The fourth-order valence-corrected chi connectivity index (χ4v) is 4.51. The van der Waals surface area contributed by atoms with Crippen molar-refractivity contribution in [1.82, 2.24) is 0 Å². The van der Waals surface area contributed by atoms with Gasteiger partial charge in [-0.2, -0.15) is 0 Å². The van der Waals surface area contributed by atoms with Crippen LogP contribution >= 0.6 is 7.82 Å². The van der Waals surface area contributed by atoms with Gasteiger partial charge in [-0.15, -0.1) is 0 Å². The second-order valence-electron chi connectivity index (χ2n) is 11.1. The summed E-state index contributed by atoms with van der Waals surface area (Å²) in [5.74, 6) is -0.345. The average molecular weight is 552 g/mol. The summed E-state index contributed by atoms with van der Waals surface area (Å²) in [4.78, 5) is 24.5. The number of carbonyl (C=O) groups is 1. The molecule has 0 aliphatic rings. The molecule has 0 rings (SSSR count). The Morgan fingerprint density at radius 3 is 1.78 bits per heavy atom. The zero-order valence-corrected chi connectivity index (χ0v) is 25.6. The van der Waals surface area contributed by atoms with E-state index in [0.29, 0.717) is 24.1 Å². The highest BCUT2D eigenvalue weighted by Crippen LogP contribution is 2.38. The number of hydrogen-bond donors (Lipinski definition) is 0. The number of unbranched alkanes of at least 4 members (excludes halogenated alkanes) is 13. The second-order valence-corrected chi connectivity index (χ2v) is 12.5. The van der Waals surface area contributed by atoms with E-state index in [-0.39, 0.29) is 25.8 Å². The van der Waals surface area contributed by atoms with Gasteiger partial charge in [0.15, 0.2) is 0 Å². The lowest BCUT2D eigenvalue weighted by Crippen LogP contribution is -2.37. The third kappa shape index (κ3) is 26.9. The summed E-state index contributed by atoms with van der Waals surface area (Å²) < 4.78 is 34.0. The van der Waals surface area contributed by atoms with Crippen molar-refractivity contribution in [3.05, 3.63) is 0 Å². The zero-order valence-electron chi connectivity index (χ0n) is 24.7. The number of carbonyl (C=O) groups excluding carboxylic acids is 1. The minimum atomic E-state index is -4.49. The molecule has 0 heterocycles. The fourth-order valence-electron chi connectivity index (χ4n) is 3.78. The van der Waals surface area contributed by atoms with Crippen molar-refractivity contribution in [2.24, 2.45) is 0 Å². The van der Waals surface area contributed by atoms with E-state index in [2.05, 4.69) is 13.8 Å². The molecule has 9 heteroatoms. The summed E-state index contributed by atoms with van der Waals surface area (Å²) in [5, 5.41) is 0. The molecule has 0 aromatic heterocycles. The van der Waals surface area contributed by atoms with Gasteiger partial charge in [-0.1, -0.05) is 97.3 Å². The molecule has 0 saturated carbocycles. The van der Waals surface area contributed by atoms with Gasteiger partial charge in [-0.3, -0.25) is 9.36 Å². The normalized spacial score (nSPS) is 14.4. The van der Waals surface area contributed by atoms with Crippen molar-refractivity contribution in [3.8, 4) is 0 Å². The first-order valence-corrected chi connectivity index (χ1v) is 16.2. The van der Waals surface area contributed by atoms with E-state index in [9.17, 15) is 14.3 Å². The molecule has 0 aliphatic carbocycles. The predicted octanol–water partition coefficient (Wildman–Crippen LogP) is 6.40. The Bertz CT molecular complexity index is 583. The Hall–Kier alpha value is -0.500. The molecule has 0 bridgehead atoms. The molecule has 0 N–H and O–H groups in total. The van der Waals surface area contributed by atoms with Crippen molar-refractivity contribution >= 4 is 13.8 Å². The van der Waals surface area contributed by atoms with Crippen molar-refractivity contribution in [1.29, 1.82) is 0 Å². The molecule has 2 unspecified atom stereocenters. The molecule has 222 valence electrons. The van der Waals surface area contributed by atoms with Crippen LogP contribution in [0.1, 0.15) is 117 Å². The molecule has 0 radical (unpaired) electrons. The van der Waals surface area contributed by atoms with Crippen LogP contribution in [0, 0.1) is 0 Å². The highest BCUT2D eigenvalue weighted by Gasteiger charge is 2.20. The summed E-state index contributed by atoms with van der Waals surface area (Å²) >= 11 is 0. The second kappa shape index (κ2) is 23.4. The largest absolute Gasteiger partial charge is 0.756 e. The average Bonchev–Trinajstić information content (AvgIpc) is 2.82. The van der Waals surface area contributed by atoms with Crippen LogP contribution in [0.15, 0.2) is 0 Å². The van der Waals surface area contributed by atoms with Gasteiger partial charge in [0.1, 0.15) is 19.3 Å². The van der Waals surface area contributed by atoms with Crippen LogP contribution < -0.4 is 4.89 Å². The van der Waals surface area contributed by atoms with Crippen molar-refractivity contribution in [3.63, 3.8) is 0 Å². The van der Waals surface area contributed by atoms with Crippen LogP contribution in [0.4, 0.5) is 0 Å². The lowest BCUT2D eigenvalue weighted by atomic mass is 10.1. The minimum Gasteiger partial charge on any atom is -0.756 e. The Balaban J connectivity index is 4.38. The smallest absolute Gasteiger partial charge is 0.306 e. The van der Waals surface area contributed by atoms with Crippen LogP contribution in [0.25, 0.3) is 0 Å². The third-order valence-corrected chi connectivity index (χ3v) is 7.12. The summed E-state index contributed by atoms with van der Waals surface area (Å²) in [6, 6.07) is 0. The summed E-state index contributed by atoms with van der Waals surface area (Å²) in [6.07, 6.45) is 17.0. The van der Waals surface area contributed by atoms with Crippen LogP contribution in [-0.2, 0) is 27.9 Å². The molecular weight excluding hydrogens is 493 g/mol. The highest BCUT2D eigenvalue weighted by atomic mass is 31.2. The standard InChI is InChI=1S/C28H58NO7P/c1-6-8-10-12-14-15-16-18-20-23-33-25-27(36-28(30)21-19-17-13-11-9-7-2)26-35-37(31,32)34-24-22-29(3,4)5/h27H,6-26H2,1-5H3. The molecule has 0 fully saturated rings. The van der Waals surface area contributed by atoms with E-state index in [0.717, 1.165) is 32.1 Å². The minimum absolute atomic E-state index is 0.0296. The molecule has 0 aromatic rings. The van der Waals surface area contributed by atoms with E-state index >= 15 is 0 Å². The summed E-state index contributed by atoms with van der Waals surface area (Å²) in [7, 11) is 1.36. The molecule has 0 spiro atoms. The summed E-state index contributed by atoms with van der Waals surface area (Å²) in [5.41, 5.74) is 0. The maximum absolute atomic E-state index is 12.3. The molecule has 2 atom stereocenters. The number of rotatable bonds is 27. The number of esters is 1. The van der Waals surface area contributed by atoms with Gasteiger partial charge in [-0.25, -0.2) is 0 Å². The Morgan fingerprint density at radius 1 is 0.730 bits per heavy atom. The van der Waals surface area contributed by atoms with Crippen molar-refractivity contribution < 1.29 is 37.3 Å². The van der Waals surface area contributed by atoms with Crippen LogP contribution in [0.2, 0.25) is 0 Å². The number of hydrogen-bond acceptors (Lipinski definition) is 7. The van der Waals surface area contributed by atoms with Gasteiger partial charge >= 0.3 is 5.97 Å². The highest BCUT2D eigenvalue weighted by molar-refractivity contribution is 7.45. The van der Waals surface area contributed by atoms with Gasteiger partial charge in [0.25, 0.3) is 7.82 Å². The van der Waals surface area contributed by atoms with Gasteiger partial charge in [0, 0.05) is 13.0 Å². The molecule has 8 nitrogen and oxygen atoms in total. The van der Waals surface area contributed by atoms with E-state index in [1.807, 2.05) is 21.1 Å². The number of nitrogens with zero attached hydrogens (tertiary/aromatic N) is 1. The molecular formula is C28H58NO7P. The van der Waals surface area contributed by atoms with Crippen LogP contribution in [0.3, 0.4) is 0 Å². The first kappa shape index (κ1) is 36.5. The quantitative estimate of drug-likeness (QED) is 0.0504. The van der Waals surface area contributed by atoms with Crippen LogP contribution in [-0.4, -0.2) is 70.7 Å². The first-order chi connectivity index (χ1) is 17.6. The molecule has 0 aliphatic heterocycles. The van der Waals surface area contributed by atoms with Crippen molar-refractivity contribution in [2.45, 2.75) is 123 Å². The number of likely N-dealkylation sites (N-methyl/N-ethyl adjacent to an activating group) is 1. The fraction of sp³-hybridized carbons (Fsp3) is 0.964. The predicted molar refractivity (Wildman–Crippen MR) is 148 cm³/mol. The Morgan fingerprint density at radius 2 is 1.24 bits per heavy atom. The van der Waals surface area contributed by atoms with E-state index in [1.165, 1.54) is 64.2 Å². The topological polar surface area (TPSA) is 94.1 Å². The van der Waals surface area contributed by atoms with Crippen LogP contribution in [0.5, 0.6) is 0 Å². The zero-order chi connectivity index (χ0) is 27.8. The molecule has 0 saturated heterocycles. The lowest BCUT2D eigenvalue weighted by molar-refractivity contribution is -0.870. The van der Waals surface area contributed by atoms with Crippen molar-refractivity contribution in [2.75, 3.05) is 54.1 Å². The maximum atomic E-state index is 12.3. The van der Waals surface area contributed by atoms with E-state index < -0.39 is 13.9 Å².